The van der Waals surface area contributed by atoms with Crippen molar-refractivity contribution in [2.24, 2.45) is 0 Å². The molecule has 182 valence electrons. The molecule has 1 aliphatic rings. The van der Waals surface area contributed by atoms with Crippen LogP contribution in [0.3, 0.4) is 0 Å². The van der Waals surface area contributed by atoms with E-state index in [1.54, 1.807) is 18.3 Å². The maximum atomic E-state index is 13.5. The van der Waals surface area contributed by atoms with Gasteiger partial charge < -0.3 is 4.42 Å². The lowest BCUT2D eigenvalue weighted by molar-refractivity contribution is -0.129. The van der Waals surface area contributed by atoms with Crippen LogP contribution in [0.5, 0.6) is 0 Å². The van der Waals surface area contributed by atoms with Crippen molar-refractivity contribution in [1.82, 2.24) is 14.8 Å². The molecule has 0 aliphatic carbocycles. The molecule has 1 saturated heterocycles. The number of hydrogen-bond donors (Lipinski definition) is 2. The fourth-order valence-electron chi connectivity index (χ4n) is 4.08. The first-order valence-corrected chi connectivity index (χ1v) is 14.6. The number of thiophene rings is 1. The Kier molecular flexibility index (Phi) is 6.66. The molecule has 0 radical (unpaired) electrons. The number of sulfone groups is 1. The van der Waals surface area contributed by atoms with Gasteiger partial charge in [0.2, 0.25) is 15.9 Å². The third kappa shape index (κ3) is 4.66. The highest BCUT2D eigenvalue weighted by Crippen LogP contribution is 2.45. The van der Waals surface area contributed by atoms with Crippen LogP contribution >= 0.6 is 11.3 Å². The van der Waals surface area contributed by atoms with Gasteiger partial charge in [0.1, 0.15) is 4.75 Å². The monoisotopic (exact) mass is 525 g/mol. The van der Waals surface area contributed by atoms with Crippen molar-refractivity contribution < 1.29 is 31.3 Å². The highest BCUT2D eigenvalue weighted by atomic mass is 32.2. The zero-order chi connectivity index (χ0) is 24.6. The van der Waals surface area contributed by atoms with E-state index in [4.69, 9.17) is 9.62 Å². The van der Waals surface area contributed by atoms with Gasteiger partial charge in [-0.2, -0.15) is 0 Å². The van der Waals surface area contributed by atoms with Crippen molar-refractivity contribution in [2.75, 3.05) is 25.1 Å². The molecule has 2 N–H and O–H groups in total. The number of hydroxylamine groups is 1. The number of hydrogen-bond acceptors (Lipinski definition) is 9. The third-order valence-corrected chi connectivity index (χ3v) is 11.2. The molecule has 10 nitrogen and oxygen atoms in total. The summed E-state index contributed by atoms with van der Waals surface area (Å²) in [6.45, 7) is -0.249. The Morgan fingerprint density at radius 1 is 1.21 bits per heavy atom. The molecule has 0 bridgehead atoms. The molecule has 1 aliphatic heterocycles. The van der Waals surface area contributed by atoms with E-state index in [-0.39, 0.29) is 19.5 Å². The molecular formula is C21H23N3O7S3. The van der Waals surface area contributed by atoms with Crippen molar-refractivity contribution in [3.05, 3.63) is 53.9 Å². The Balaban J connectivity index is 1.73. The van der Waals surface area contributed by atoms with Gasteiger partial charge in [-0.05, 0) is 24.1 Å². The van der Waals surface area contributed by atoms with Gasteiger partial charge in [-0.15, -0.1) is 11.3 Å². The van der Waals surface area contributed by atoms with Crippen molar-refractivity contribution in [1.29, 1.82) is 0 Å². The molecule has 2 aromatic heterocycles. The minimum absolute atomic E-state index is 0.0596. The zero-order valence-corrected chi connectivity index (χ0v) is 20.6. The predicted molar refractivity (Wildman–Crippen MR) is 126 cm³/mol. The summed E-state index contributed by atoms with van der Waals surface area (Å²) in [5.74, 6) is -0.673. The summed E-state index contributed by atoms with van der Waals surface area (Å²) in [6, 6.07) is 10.9. The van der Waals surface area contributed by atoms with E-state index < -0.39 is 42.7 Å². The van der Waals surface area contributed by atoms with E-state index in [0.717, 1.165) is 26.6 Å². The first-order chi connectivity index (χ1) is 16.1. The smallest absolute Gasteiger partial charge is 0.245 e. The van der Waals surface area contributed by atoms with Crippen molar-refractivity contribution in [2.45, 2.75) is 17.6 Å². The Hall–Kier alpha value is -2.58. The minimum atomic E-state index is -3.97. The van der Waals surface area contributed by atoms with Crippen LogP contribution in [-0.4, -0.2) is 62.3 Å². The van der Waals surface area contributed by atoms with Crippen molar-refractivity contribution >= 4 is 37.1 Å². The maximum absolute atomic E-state index is 13.5. The second-order valence-electron chi connectivity index (χ2n) is 8.04. The molecule has 1 amide bonds. The number of carbonyl (C=O) groups is 1. The normalized spacial score (nSPS) is 21.1. The number of sulfonamides is 1. The zero-order valence-electron chi connectivity index (χ0n) is 18.2. The lowest BCUT2D eigenvalue weighted by Gasteiger charge is -2.30. The van der Waals surface area contributed by atoms with E-state index in [1.807, 2.05) is 24.3 Å². The summed E-state index contributed by atoms with van der Waals surface area (Å²) in [5.41, 5.74) is 3.19. The van der Waals surface area contributed by atoms with Gasteiger partial charge in [-0.3, -0.25) is 10.0 Å². The molecule has 1 fully saturated rings. The van der Waals surface area contributed by atoms with Crippen LogP contribution in [0.15, 0.2) is 53.4 Å². The number of benzene rings is 1. The van der Waals surface area contributed by atoms with Gasteiger partial charge in [-0.25, -0.2) is 31.6 Å². The van der Waals surface area contributed by atoms with Gasteiger partial charge in [-0.1, -0.05) is 24.3 Å². The number of rotatable bonds is 6. The van der Waals surface area contributed by atoms with E-state index in [0.29, 0.717) is 10.6 Å². The standard InChI is InChI=1S/C21H23N3O7S3/c1-33(27,28)24-9-8-21(12-20(25)23-26,34(29,30)11-10-24)19-7-6-18(32-19)16-4-2-15(3-5-16)17-13-22-14-31-17/h2-7,13-14,26H,8-12H2,1H3,(H,23,25). The fourth-order valence-corrected chi connectivity index (χ4v) is 8.65. The van der Waals surface area contributed by atoms with Gasteiger partial charge in [0.25, 0.3) is 0 Å². The molecule has 3 heterocycles. The maximum Gasteiger partial charge on any atom is 0.245 e. The van der Waals surface area contributed by atoms with Crippen molar-refractivity contribution in [3.63, 3.8) is 0 Å². The minimum Gasteiger partial charge on any atom is -0.444 e. The van der Waals surface area contributed by atoms with Crippen LogP contribution < -0.4 is 5.48 Å². The summed E-state index contributed by atoms with van der Waals surface area (Å²) in [5, 5.41) is 9.13. The van der Waals surface area contributed by atoms with Crippen molar-refractivity contribution in [3.8, 4) is 21.8 Å². The summed E-state index contributed by atoms with van der Waals surface area (Å²) >= 11 is 1.22. The van der Waals surface area contributed by atoms with E-state index >= 15 is 0 Å². The summed E-state index contributed by atoms with van der Waals surface area (Å²) < 4.78 is 55.9. The average molecular weight is 526 g/mol. The number of nitrogens with one attached hydrogen (secondary N) is 1. The number of amides is 1. The molecule has 13 heteroatoms. The van der Waals surface area contributed by atoms with Crippen LogP contribution in [0.2, 0.25) is 0 Å². The fraction of sp³-hybridized carbons (Fsp3) is 0.333. The molecule has 1 aromatic carbocycles. The molecule has 0 saturated carbocycles. The van der Waals surface area contributed by atoms with Gasteiger partial charge in [0.05, 0.1) is 24.6 Å². The lowest BCUT2D eigenvalue weighted by atomic mass is 9.97. The van der Waals surface area contributed by atoms with E-state index in [1.165, 1.54) is 23.2 Å². The average Bonchev–Trinajstić information content (AvgIpc) is 3.47. The molecule has 34 heavy (non-hydrogen) atoms. The largest absolute Gasteiger partial charge is 0.444 e. The summed E-state index contributed by atoms with van der Waals surface area (Å²) in [6.07, 6.45) is 3.34. The predicted octanol–water partition coefficient (Wildman–Crippen LogP) is 2.24. The molecule has 1 unspecified atom stereocenters. The van der Waals surface area contributed by atoms with Crippen LogP contribution in [0.4, 0.5) is 0 Å². The number of aromatic nitrogens is 1. The second-order valence-corrected chi connectivity index (χ2v) is 13.5. The topological polar surface area (TPSA) is 147 Å². The molecule has 3 aromatic rings. The Bertz CT molecular complexity index is 1380. The summed E-state index contributed by atoms with van der Waals surface area (Å²) in [7, 11) is -7.58. The Labute approximate surface area is 201 Å². The molecule has 0 spiro atoms. The van der Waals surface area contributed by atoms with Gasteiger partial charge in [0.15, 0.2) is 22.0 Å². The van der Waals surface area contributed by atoms with Crippen LogP contribution in [0, 0.1) is 0 Å². The van der Waals surface area contributed by atoms with Gasteiger partial charge in [0, 0.05) is 28.4 Å². The number of carbonyl (C=O) groups excluding carboxylic acids is 1. The number of oxazole rings is 1. The Morgan fingerprint density at radius 3 is 2.53 bits per heavy atom. The first kappa shape index (κ1) is 24.5. The first-order valence-electron chi connectivity index (χ1n) is 10.3. The molecule has 1 atom stereocenters. The molecular weight excluding hydrogens is 502 g/mol. The van der Waals surface area contributed by atoms with Crippen LogP contribution in [-0.2, 0) is 29.4 Å². The highest BCUT2D eigenvalue weighted by Gasteiger charge is 2.50. The summed E-state index contributed by atoms with van der Waals surface area (Å²) in [4.78, 5) is 17.3. The second kappa shape index (κ2) is 9.23. The molecule has 4 rings (SSSR count). The Morgan fingerprint density at radius 2 is 1.91 bits per heavy atom. The van der Waals surface area contributed by atoms with Crippen LogP contribution in [0.1, 0.15) is 17.7 Å². The van der Waals surface area contributed by atoms with Gasteiger partial charge >= 0.3 is 0 Å². The van der Waals surface area contributed by atoms with E-state index in [2.05, 4.69) is 4.98 Å². The number of nitrogens with zero attached hydrogens (tertiary/aromatic N) is 2. The highest BCUT2D eigenvalue weighted by molar-refractivity contribution is 7.92. The van der Waals surface area contributed by atoms with Crippen LogP contribution in [0.25, 0.3) is 21.8 Å². The third-order valence-electron chi connectivity index (χ3n) is 5.95. The lowest BCUT2D eigenvalue weighted by Crippen LogP contribution is -2.41. The quantitative estimate of drug-likeness (QED) is 0.368. The van der Waals surface area contributed by atoms with E-state index in [9.17, 15) is 21.6 Å². The SMILES string of the molecule is CS(=O)(=O)N1CCC(CC(=O)NO)(c2ccc(-c3ccc(-c4cnco4)cc3)s2)S(=O)(=O)CC1.